The van der Waals surface area contributed by atoms with Crippen molar-refractivity contribution in [1.82, 2.24) is 15.5 Å². The largest absolute Gasteiger partial charge is 0.328 e. The predicted molar refractivity (Wildman–Crippen MR) is 88.2 cm³/mol. The smallest absolute Gasteiger partial charge is 0.282 e. The highest BCUT2D eigenvalue weighted by Gasteiger charge is 2.13. The number of carbonyl (C=O) groups is 2. The van der Waals surface area contributed by atoms with E-state index in [-0.39, 0.29) is 10.9 Å². The fraction of sp³-hybridized carbons (Fsp3) is 0. The topological polar surface area (TPSA) is 84.0 Å². The second kappa shape index (κ2) is 6.97. The standard InChI is InChI=1S/C16H11FN4O2S/c17-12-8-4-7-11(9-12)14-20-21-16(24-14)19-15(23)18-13(22)10-5-2-1-3-6-10/h1-9H,(H2,18,19,21,22,23). The van der Waals surface area contributed by atoms with Crippen molar-refractivity contribution in [2.45, 2.75) is 0 Å². The normalized spacial score (nSPS) is 10.2. The van der Waals surface area contributed by atoms with E-state index in [1.807, 2.05) is 0 Å². The van der Waals surface area contributed by atoms with Crippen molar-refractivity contribution in [3.63, 3.8) is 0 Å². The number of benzene rings is 2. The Morgan fingerprint density at radius 3 is 2.54 bits per heavy atom. The Hall–Kier alpha value is -3.13. The molecule has 0 aliphatic carbocycles. The number of nitrogens with one attached hydrogen (secondary N) is 2. The fourth-order valence-corrected chi connectivity index (χ4v) is 2.64. The summed E-state index contributed by atoms with van der Waals surface area (Å²) in [5, 5.41) is 13.0. The molecule has 2 aromatic carbocycles. The highest BCUT2D eigenvalue weighted by molar-refractivity contribution is 7.18. The number of anilines is 1. The van der Waals surface area contributed by atoms with Gasteiger partial charge in [-0.25, -0.2) is 9.18 Å². The predicted octanol–water partition coefficient (Wildman–Crippen LogP) is 3.31. The molecule has 24 heavy (non-hydrogen) atoms. The molecule has 2 N–H and O–H groups in total. The van der Waals surface area contributed by atoms with Crippen LogP contribution in [0, 0.1) is 5.82 Å². The number of imide groups is 1. The van der Waals surface area contributed by atoms with Crippen LogP contribution in [0.1, 0.15) is 10.4 Å². The molecule has 0 saturated carbocycles. The number of aromatic nitrogens is 2. The summed E-state index contributed by atoms with van der Waals surface area (Å²) in [6.45, 7) is 0. The van der Waals surface area contributed by atoms with E-state index in [0.717, 1.165) is 11.3 Å². The van der Waals surface area contributed by atoms with Crippen molar-refractivity contribution in [3.8, 4) is 10.6 Å². The van der Waals surface area contributed by atoms with E-state index < -0.39 is 11.9 Å². The van der Waals surface area contributed by atoms with Gasteiger partial charge in [0, 0.05) is 11.1 Å². The number of urea groups is 1. The van der Waals surface area contributed by atoms with Crippen LogP contribution in [0.25, 0.3) is 10.6 Å². The van der Waals surface area contributed by atoms with Crippen LogP contribution in [0.3, 0.4) is 0 Å². The monoisotopic (exact) mass is 342 g/mol. The van der Waals surface area contributed by atoms with Crippen LogP contribution < -0.4 is 10.6 Å². The maximum Gasteiger partial charge on any atom is 0.328 e. The maximum absolute atomic E-state index is 13.2. The number of hydrogen-bond donors (Lipinski definition) is 2. The van der Waals surface area contributed by atoms with Gasteiger partial charge in [0.25, 0.3) is 5.91 Å². The minimum atomic E-state index is -0.717. The van der Waals surface area contributed by atoms with E-state index in [4.69, 9.17) is 0 Å². The maximum atomic E-state index is 13.2. The van der Waals surface area contributed by atoms with E-state index in [1.165, 1.54) is 12.1 Å². The average Bonchev–Trinajstić information content (AvgIpc) is 3.04. The first kappa shape index (κ1) is 15.8. The van der Waals surface area contributed by atoms with Gasteiger partial charge in [-0.1, -0.05) is 41.7 Å². The number of nitrogens with zero attached hydrogens (tertiary/aromatic N) is 2. The molecular weight excluding hydrogens is 331 g/mol. The van der Waals surface area contributed by atoms with Gasteiger partial charge in [-0.2, -0.15) is 0 Å². The molecule has 0 aliphatic rings. The lowest BCUT2D eigenvalue weighted by atomic mass is 10.2. The summed E-state index contributed by atoms with van der Waals surface area (Å²) >= 11 is 1.07. The van der Waals surface area contributed by atoms with Crippen LogP contribution >= 0.6 is 11.3 Å². The zero-order valence-corrected chi connectivity index (χ0v) is 13.0. The SMILES string of the molecule is O=C(NC(=O)c1ccccc1)Nc1nnc(-c2cccc(F)c2)s1. The van der Waals surface area contributed by atoms with E-state index in [1.54, 1.807) is 42.5 Å². The van der Waals surface area contributed by atoms with Gasteiger partial charge in [0.2, 0.25) is 5.13 Å². The molecule has 0 aliphatic heterocycles. The molecule has 120 valence electrons. The summed E-state index contributed by atoms with van der Waals surface area (Å²) in [4.78, 5) is 23.7. The van der Waals surface area contributed by atoms with Crippen molar-refractivity contribution in [3.05, 3.63) is 66.0 Å². The molecular formula is C16H11FN4O2S. The molecule has 1 heterocycles. The van der Waals surface area contributed by atoms with Crippen LogP contribution in [-0.2, 0) is 0 Å². The Bertz CT molecular complexity index is 883. The van der Waals surface area contributed by atoms with Crippen molar-refractivity contribution in [2.24, 2.45) is 0 Å². The highest BCUT2D eigenvalue weighted by Crippen LogP contribution is 2.26. The molecule has 0 atom stereocenters. The first-order valence-corrected chi connectivity index (χ1v) is 7.70. The van der Waals surface area contributed by atoms with Crippen LogP contribution in [0.5, 0.6) is 0 Å². The lowest BCUT2D eigenvalue weighted by molar-refractivity contribution is 0.0967. The lowest BCUT2D eigenvalue weighted by Crippen LogP contribution is -2.34. The Kier molecular flexibility index (Phi) is 4.57. The van der Waals surface area contributed by atoms with Gasteiger partial charge in [0.15, 0.2) is 0 Å². The molecule has 3 aromatic rings. The van der Waals surface area contributed by atoms with Crippen molar-refractivity contribution < 1.29 is 14.0 Å². The number of amides is 3. The number of carbonyl (C=O) groups excluding carboxylic acids is 2. The molecule has 3 amide bonds. The zero-order valence-electron chi connectivity index (χ0n) is 12.2. The summed E-state index contributed by atoms with van der Waals surface area (Å²) < 4.78 is 13.2. The van der Waals surface area contributed by atoms with Gasteiger partial charge in [-0.3, -0.25) is 15.4 Å². The molecule has 0 fully saturated rings. The van der Waals surface area contributed by atoms with Gasteiger partial charge in [-0.05, 0) is 24.3 Å². The van der Waals surface area contributed by atoms with Crippen molar-refractivity contribution >= 4 is 28.4 Å². The third-order valence-electron chi connectivity index (χ3n) is 2.98. The Morgan fingerprint density at radius 2 is 1.79 bits per heavy atom. The van der Waals surface area contributed by atoms with Crippen LogP contribution in [0.15, 0.2) is 54.6 Å². The molecule has 0 bridgehead atoms. The van der Waals surface area contributed by atoms with Gasteiger partial charge >= 0.3 is 6.03 Å². The molecule has 0 radical (unpaired) electrons. The first-order chi connectivity index (χ1) is 11.6. The van der Waals surface area contributed by atoms with Gasteiger partial charge in [0.1, 0.15) is 10.8 Å². The van der Waals surface area contributed by atoms with Gasteiger partial charge < -0.3 is 0 Å². The van der Waals surface area contributed by atoms with Gasteiger partial charge in [-0.15, -0.1) is 10.2 Å². The van der Waals surface area contributed by atoms with Crippen LogP contribution in [-0.4, -0.2) is 22.1 Å². The highest BCUT2D eigenvalue weighted by atomic mass is 32.1. The lowest BCUT2D eigenvalue weighted by Gasteiger charge is -2.03. The Balaban J connectivity index is 1.64. The molecule has 8 heteroatoms. The molecule has 1 aromatic heterocycles. The quantitative estimate of drug-likeness (QED) is 0.765. The first-order valence-electron chi connectivity index (χ1n) is 6.88. The summed E-state index contributed by atoms with van der Waals surface area (Å²) in [5.41, 5.74) is 0.923. The third kappa shape index (κ3) is 3.79. The van der Waals surface area contributed by atoms with Crippen molar-refractivity contribution in [2.75, 3.05) is 5.32 Å². The number of halogens is 1. The molecule has 0 spiro atoms. The summed E-state index contributed by atoms with van der Waals surface area (Å²) in [6, 6.07) is 13.5. The number of hydrogen-bond acceptors (Lipinski definition) is 5. The van der Waals surface area contributed by atoms with E-state index >= 15 is 0 Å². The van der Waals surface area contributed by atoms with Gasteiger partial charge in [0.05, 0.1) is 0 Å². The Labute approximate surface area is 140 Å². The zero-order chi connectivity index (χ0) is 16.9. The second-order valence-corrected chi connectivity index (χ2v) is 5.67. The third-order valence-corrected chi connectivity index (χ3v) is 3.87. The second-order valence-electron chi connectivity index (χ2n) is 4.70. The van der Waals surface area contributed by atoms with E-state index in [0.29, 0.717) is 16.1 Å². The molecule has 0 saturated heterocycles. The van der Waals surface area contributed by atoms with Crippen LogP contribution in [0.4, 0.5) is 14.3 Å². The van der Waals surface area contributed by atoms with E-state index in [2.05, 4.69) is 20.8 Å². The van der Waals surface area contributed by atoms with E-state index in [9.17, 15) is 14.0 Å². The summed E-state index contributed by atoms with van der Waals surface area (Å²) in [7, 11) is 0. The fourth-order valence-electron chi connectivity index (χ4n) is 1.91. The summed E-state index contributed by atoms with van der Waals surface area (Å²) in [5.74, 6) is -0.911. The minimum absolute atomic E-state index is 0.202. The number of rotatable bonds is 3. The molecule has 0 unspecified atom stereocenters. The Morgan fingerprint density at radius 1 is 1.00 bits per heavy atom. The molecule has 3 rings (SSSR count). The summed E-state index contributed by atoms with van der Waals surface area (Å²) in [6.07, 6.45) is 0. The molecule has 6 nitrogen and oxygen atoms in total. The van der Waals surface area contributed by atoms with Crippen molar-refractivity contribution in [1.29, 1.82) is 0 Å². The van der Waals surface area contributed by atoms with Crippen LogP contribution in [0.2, 0.25) is 0 Å². The average molecular weight is 342 g/mol. The minimum Gasteiger partial charge on any atom is -0.282 e.